The van der Waals surface area contributed by atoms with Crippen molar-refractivity contribution in [2.75, 3.05) is 5.32 Å². The zero-order valence-corrected chi connectivity index (χ0v) is 14.2. The third kappa shape index (κ3) is 3.09. The van der Waals surface area contributed by atoms with Crippen LogP contribution < -0.4 is 10.9 Å². The summed E-state index contributed by atoms with van der Waals surface area (Å²) in [5, 5.41) is 13.0. The third-order valence-corrected chi connectivity index (χ3v) is 4.18. The molecular weight excluding hydrogens is 319 g/mol. The number of aromatic amines is 1. The number of halogens is 1. The number of anilines is 1. The van der Waals surface area contributed by atoms with E-state index in [0.717, 1.165) is 11.3 Å². The number of pyridine rings is 2. The molecule has 126 valence electrons. The van der Waals surface area contributed by atoms with Crippen LogP contribution in [0.25, 0.3) is 10.9 Å². The second-order valence-corrected chi connectivity index (χ2v) is 6.07. The summed E-state index contributed by atoms with van der Waals surface area (Å²) in [6.07, 6.45) is 1.46. The first-order valence-electron chi connectivity index (χ1n) is 7.83. The van der Waals surface area contributed by atoms with Crippen molar-refractivity contribution in [2.24, 2.45) is 0 Å². The fourth-order valence-corrected chi connectivity index (χ4v) is 2.99. The van der Waals surface area contributed by atoms with Gasteiger partial charge in [-0.15, -0.1) is 0 Å². The average Bonchev–Trinajstić information content (AvgIpc) is 2.53. The van der Waals surface area contributed by atoms with Gasteiger partial charge in [0, 0.05) is 29.4 Å². The summed E-state index contributed by atoms with van der Waals surface area (Å²) in [4.78, 5) is 19.2. The van der Waals surface area contributed by atoms with Crippen LogP contribution in [0, 0.1) is 37.9 Å². The zero-order valence-electron chi connectivity index (χ0n) is 14.2. The van der Waals surface area contributed by atoms with Crippen molar-refractivity contribution in [3.05, 3.63) is 68.5 Å². The molecule has 2 heterocycles. The van der Waals surface area contributed by atoms with Crippen molar-refractivity contribution in [3.63, 3.8) is 0 Å². The molecule has 0 unspecified atom stereocenters. The lowest BCUT2D eigenvalue weighted by Crippen LogP contribution is -2.19. The van der Waals surface area contributed by atoms with Gasteiger partial charge in [-0.2, -0.15) is 5.26 Å². The molecule has 5 nitrogen and oxygen atoms in total. The maximum atomic E-state index is 13.9. The van der Waals surface area contributed by atoms with Crippen LogP contribution in [-0.4, -0.2) is 9.97 Å². The summed E-state index contributed by atoms with van der Waals surface area (Å²) < 4.78 is 13.9. The highest BCUT2D eigenvalue weighted by Gasteiger charge is 2.13. The zero-order chi connectivity index (χ0) is 18.1. The molecule has 0 spiro atoms. The molecule has 3 rings (SSSR count). The Kier molecular flexibility index (Phi) is 4.24. The largest absolute Gasteiger partial charge is 0.379 e. The second-order valence-electron chi connectivity index (χ2n) is 6.07. The lowest BCUT2D eigenvalue weighted by molar-refractivity contribution is 0.628. The number of benzene rings is 1. The fraction of sp³-hybridized carbons (Fsp3) is 0.211. The highest BCUT2D eigenvalue weighted by molar-refractivity contribution is 5.95. The molecule has 0 aliphatic heterocycles. The number of aryl methyl sites for hydroxylation is 3. The number of hydrogen-bond donors (Lipinski definition) is 2. The van der Waals surface area contributed by atoms with E-state index in [-0.39, 0.29) is 12.1 Å². The average molecular weight is 336 g/mol. The number of rotatable bonds is 3. The lowest BCUT2D eigenvalue weighted by Gasteiger charge is -2.13. The molecule has 2 N–H and O–H groups in total. The first-order valence-corrected chi connectivity index (χ1v) is 7.83. The van der Waals surface area contributed by atoms with Gasteiger partial charge in [-0.25, -0.2) is 4.39 Å². The van der Waals surface area contributed by atoms with E-state index < -0.39 is 5.82 Å². The molecule has 6 heteroatoms. The Labute approximate surface area is 144 Å². The molecule has 0 amide bonds. The molecule has 0 atom stereocenters. The van der Waals surface area contributed by atoms with Crippen molar-refractivity contribution in [3.8, 4) is 6.07 Å². The number of nitriles is 1. The Morgan fingerprint density at radius 1 is 1.24 bits per heavy atom. The van der Waals surface area contributed by atoms with E-state index in [1.807, 2.05) is 19.9 Å². The third-order valence-electron chi connectivity index (χ3n) is 4.18. The van der Waals surface area contributed by atoms with Crippen LogP contribution in [0.1, 0.15) is 27.9 Å². The van der Waals surface area contributed by atoms with Gasteiger partial charge in [0.2, 0.25) is 0 Å². The van der Waals surface area contributed by atoms with E-state index in [1.165, 1.54) is 18.3 Å². The van der Waals surface area contributed by atoms with Crippen LogP contribution in [0.2, 0.25) is 0 Å². The minimum Gasteiger partial charge on any atom is -0.379 e. The molecule has 3 aromatic rings. The summed E-state index contributed by atoms with van der Waals surface area (Å²) in [5.41, 5.74) is 4.14. The van der Waals surface area contributed by atoms with Crippen LogP contribution in [0.4, 0.5) is 10.1 Å². The van der Waals surface area contributed by atoms with Gasteiger partial charge in [0.15, 0.2) is 0 Å². The fourth-order valence-electron chi connectivity index (χ4n) is 2.99. The molecule has 25 heavy (non-hydrogen) atoms. The van der Waals surface area contributed by atoms with Gasteiger partial charge >= 0.3 is 0 Å². The van der Waals surface area contributed by atoms with Crippen molar-refractivity contribution in [1.29, 1.82) is 5.26 Å². The molecule has 0 fully saturated rings. The number of nitrogens with zero attached hydrogens (tertiary/aromatic N) is 2. The number of fused-ring (bicyclic) bond motifs is 1. The first kappa shape index (κ1) is 16.7. The molecule has 0 saturated heterocycles. The van der Waals surface area contributed by atoms with Crippen LogP contribution in [-0.2, 0) is 6.54 Å². The summed E-state index contributed by atoms with van der Waals surface area (Å²) in [6.45, 7) is 5.67. The van der Waals surface area contributed by atoms with E-state index in [0.29, 0.717) is 33.3 Å². The lowest BCUT2D eigenvalue weighted by atomic mass is 10.1. The van der Waals surface area contributed by atoms with Crippen molar-refractivity contribution in [2.45, 2.75) is 27.3 Å². The molecule has 0 bridgehead atoms. The van der Waals surface area contributed by atoms with Gasteiger partial charge in [0.25, 0.3) is 5.56 Å². The molecule has 0 aliphatic rings. The quantitative estimate of drug-likeness (QED) is 0.767. The van der Waals surface area contributed by atoms with E-state index in [2.05, 4.69) is 21.4 Å². The molecule has 2 aromatic heterocycles. The van der Waals surface area contributed by atoms with E-state index in [4.69, 9.17) is 0 Å². The monoisotopic (exact) mass is 336 g/mol. The van der Waals surface area contributed by atoms with Crippen LogP contribution in [0.15, 0.2) is 29.2 Å². The summed E-state index contributed by atoms with van der Waals surface area (Å²) in [7, 11) is 0. The summed E-state index contributed by atoms with van der Waals surface area (Å²) in [5.74, 6) is -0.394. The van der Waals surface area contributed by atoms with E-state index >= 15 is 0 Å². The smallest absolute Gasteiger partial charge is 0.253 e. The van der Waals surface area contributed by atoms with Crippen molar-refractivity contribution >= 4 is 16.6 Å². The standard InChI is InChI=1S/C19H17FN4O/c1-10-4-12(3)24-19(25)16(10)9-23-18-13(7-21)8-22-17-11(2)5-14(20)6-15(17)18/h4-6,8H,9H2,1-3H3,(H,22,23)(H,24,25). The van der Waals surface area contributed by atoms with Gasteiger partial charge in [-0.3, -0.25) is 9.78 Å². The number of nitrogens with one attached hydrogen (secondary N) is 2. The molecule has 0 radical (unpaired) electrons. The summed E-state index contributed by atoms with van der Waals surface area (Å²) >= 11 is 0. The van der Waals surface area contributed by atoms with E-state index in [1.54, 1.807) is 6.92 Å². The number of H-pyrrole nitrogens is 1. The molecular formula is C19H17FN4O. The minimum absolute atomic E-state index is 0.177. The molecule has 0 saturated carbocycles. The highest BCUT2D eigenvalue weighted by Crippen LogP contribution is 2.29. The van der Waals surface area contributed by atoms with Crippen molar-refractivity contribution in [1.82, 2.24) is 9.97 Å². The number of hydrogen-bond acceptors (Lipinski definition) is 4. The first-order chi connectivity index (χ1) is 11.9. The Hall–Kier alpha value is -3.20. The van der Waals surface area contributed by atoms with E-state index in [9.17, 15) is 14.4 Å². The maximum absolute atomic E-state index is 13.9. The maximum Gasteiger partial charge on any atom is 0.253 e. The Morgan fingerprint density at radius 2 is 2.00 bits per heavy atom. The summed E-state index contributed by atoms with van der Waals surface area (Å²) in [6, 6.07) is 6.71. The van der Waals surface area contributed by atoms with Crippen LogP contribution in [0.3, 0.4) is 0 Å². The van der Waals surface area contributed by atoms with Gasteiger partial charge in [0.05, 0.1) is 16.8 Å². The van der Waals surface area contributed by atoms with Gasteiger partial charge in [-0.1, -0.05) is 0 Å². The van der Waals surface area contributed by atoms with Gasteiger partial charge in [0.1, 0.15) is 11.9 Å². The van der Waals surface area contributed by atoms with Crippen molar-refractivity contribution < 1.29 is 4.39 Å². The predicted octanol–water partition coefficient (Wildman–Crippen LogP) is 3.47. The predicted molar refractivity (Wildman–Crippen MR) is 95.0 cm³/mol. The minimum atomic E-state index is -0.394. The highest BCUT2D eigenvalue weighted by atomic mass is 19.1. The van der Waals surface area contributed by atoms with Gasteiger partial charge < -0.3 is 10.3 Å². The van der Waals surface area contributed by atoms with Gasteiger partial charge in [-0.05, 0) is 50.1 Å². The Balaban J connectivity index is 2.10. The normalized spacial score (nSPS) is 10.7. The number of aromatic nitrogens is 2. The molecule has 1 aromatic carbocycles. The topological polar surface area (TPSA) is 81.6 Å². The second kappa shape index (κ2) is 6.36. The Morgan fingerprint density at radius 3 is 2.68 bits per heavy atom. The SMILES string of the molecule is Cc1cc(C)c(CNc2c(C#N)cnc3c(C)cc(F)cc23)c(=O)[nH]1. The Bertz CT molecular complexity index is 1080. The van der Waals surface area contributed by atoms with Crippen LogP contribution in [0.5, 0.6) is 0 Å². The molecule has 0 aliphatic carbocycles. The van der Waals surface area contributed by atoms with Crippen LogP contribution >= 0.6 is 0 Å².